The molecule has 6 heteroatoms. The molecule has 1 amide bonds. The van der Waals surface area contributed by atoms with Crippen molar-refractivity contribution in [3.63, 3.8) is 0 Å². The van der Waals surface area contributed by atoms with Gasteiger partial charge in [0.2, 0.25) is 0 Å². The Bertz CT molecular complexity index is 544. The van der Waals surface area contributed by atoms with Gasteiger partial charge in [0.1, 0.15) is 17.4 Å². The highest BCUT2D eigenvalue weighted by Gasteiger charge is 2.35. The van der Waals surface area contributed by atoms with Gasteiger partial charge in [0.05, 0.1) is 5.56 Å². The molecule has 0 unspecified atom stereocenters. The van der Waals surface area contributed by atoms with E-state index < -0.39 is 0 Å². The summed E-state index contributed by atoms with van der Waals surface area (Å²) < 4.78 is 5.53. The molecule has 1 fully saturated rings. The highest BCUT2D eigenvalue weighted by molar-refractivity contribution is 5.97. The molecule has 1 aromatic heterocycles. The molecule has 1 heterocycles. The van der Waals surface area contributed by atoms with Gasteiger partial charge in [0.15, 0.2) is 0 Å². The van der Waals surface area contributed by atoms with Crippen LogP contribution in [0.4, 0.5) is 0 Å². The minimum absolute atomic E-state index is 0.0231. The molecule has 6 nitrogen and oxygen atoms in total. The maximum absolute atomic E-state index is 12.7. The molecule has 0 aliphatic heterocycles. The van der Waals surface area contributed by atoms with Crippen LogP contribution >= 0.6 is 0 Å². The largest absolute Gasteiger partial charge is 0.466 e. The molecule has 0 saturated heterocycles. The Morgan fingerprint density at radius 3 is 2.50 bits per heavy atom. The van der Waals surface area contributed by atoms with E-state index in [-0.39, 0.29) is 17.8 Å². The van der Waals surface area contributed by atoms with E-state index >= 15 is 0 Å². The lowest BCUT2D eigenvalue weighted by atomic mass is 10.1. The number of oxime groups is 1. The number of furan rings is 1. The molecule has 2 rings (SSSR count). The third-order valence-corrected chi connectivity index (χ3v) is 3.76. The minimum Gasteiger partial charge on any atom is -0.466 e. The van der Waals surface area contributed by atoms with Crippen LogP contribution in [-0.4, -0.2) is 34.4 Å². The summed E-state index contributed by atoms with van der Waals surface area (Å²) in [5.41, 5.74) is 7.03. The summed E-state index contributed by atoms with van der Waals surface area (Å²) in [6.45, 7) is 6.02. The molecule has 1 saturated carbocycles. The summed E-state index contributed by atoms with van der Waals surface area (Å²) in [5, 5.41) is 11.5. The van der Waals surface area contributed by atoms with Crippen molar-refractivity contribution in [3.05, 3.63) is 22.6 Å². The monoisotopic (exact) mass is 279 g/mol. The molecule has 3 N–H and O–H groups in total. The van der Waals surface area contributed by atoms with E-state index in [9.17, 15) is 4.79 Å². The van der Waals surface area contributed by atoms with Gasteiger partial charge in [-0.3, -0.25) is 4.79 Å². The second-order valence-electron chi connectivity index (χ2n) is 5.29. The van der Waals surface area contributed by atoms with Gasteiger partial charge in [-0.2, -0.15) is 0 Å². The molecule has 0 radical (unpaired) electrons. The zero-order valence-corrected chi connectivity index (χ0v) is 12.1. The van der Waals surface area contributed by atoms with Gasteiger partial charge in [-0.15, -0.1) is 0 Å². The summed E-state index contributed by atoms with van der Waals surface area (Å²) in [4.78, 5) is 14.5. The van der Waals surface area contributed by atoms with Crippen LogP contribution in [0.15, 0.2) is 9.57 Å². The van der Waals surface area contributed by atoms with E-state index in [0.717, 1.165) is 24.2 Å². The van der Waals surface area contributed by atoms with E-state index in [1.165, 1.54) is 0 Å². The Hall–Kier alpha value is -1.98. The van der Waals surface area contributed by atoms with Crippen molar-refractivity contribution in [2.45, 2.75) is 46.1 Å². The van der Waals surface area contributed by atoms with Crippen LogP contribution in [0.25, 0.3) is 0 Å². The van der Waals surface area contributed by atoms with Crippen molar-refractivity contribution < 1.29 is 14.4 Å². The van der Waals surface area contributed by atoms with Crippen molar-refractivity contribution in [2.24, 2.45) is 10.9 Å². The zero-order valence-electron chi connectivity index (χ0n) is 12.1. The fourth-order valence-electron chi connectivity index (χ4n) is 2.37. The second-order valence-corrected chi connectivity index (χ2v) is 5.29. The number of nitrogens with two attached hydrogens (primary N) is 1. The topological polar surface area (TPSA) is 92.1 Å². The van der Waals surface area contributed by atoms with E-state index in [4.69, 9.17) is 15.4 Å². The summed E-state index contributed by atoms with van der Waals surface area (Å²) in [7, 11) is 0. The number of hydrogen-bond donors (Lipinski definition) is 2. The average Bonchev–Trinajstić information content (AvgIpc) is 3.19. The molecule has 1 aliphatic rings. The normalized spacial score (nSPS) is 15.4. The van der Waals surface area contributed by atoms with Gasteiger partial charge >= 0.3 is 0 Å². The number of amidine groups is 1. The minimum atomic E-state index is -0.0231. The van der Waals surface area contributed by atoms with Gasteiger partial charge in [-0.25, -0.2) is 0 Å². The van der Waals surface area contributed by atoms with E-state index in [2.05, 4.69) is 5.16 Å². The summed E-state index contributed by atoms with van der Waals surface area (Å²) in [6, 6.07) is 0.267. The number of nitrogens with zero attached hydrogens (tertiary/aromatic N) is 2. The summed E-state index contributed by atoms with van der Waals surface area (Å²) >= 11 is 0. The van der Waals surface area contributed by atoms with E-state index in [0.29, 0.717) is 24.3 Å². The van der Waals surface area contributed by atoms with Gasteiger partial charge in [-0.05, 0) is 33.6 Å². The van der Waals surface area contributed by atoms with Crippen molar-refractivity contribution in [1.29, 1.82) is 0 Å². The highest BCUT2D eigenvalue weighted by atomic mass is 16.4. The molecular weight excluding hydrogens is 258 g/mol. The van der Waals surface area contributed by atoms with Crippen LogP contribution in [-0.2, 0) is 0 Å². The number of carbonyl (C=O) groups excluding carboxylic acids is 1. The van der Waals surface area contributed by atoms with E-state index in [1.807, 2.05) is 25.7 Å². The first-order chi connectivity index (χ1) is 9.45. The third kappa shape index (κ3) is 2.79. The predicted molar refractivity (Wildman–Crippen MR) is 75.0 cm³/mol. The van der Waals surface area contributed by atoms with Crippen molar-refractivity contribution in [3.8, 4) is 0 Å². The van der Waals surface area contributed by atoms with Crippen LogP contribution in [0, 0.1) is 20.8 Å². The van der Waals surface area contributed by atoms with Gasteiger partial charge in [-0.1, -0.05) is 5.16 Å². The Morgan fingerprint density at radius 1 is 1.40 bits per heavy atom. The molecular formula is C14H21N3O3. The second kappa shape index (κ2) is 5.56. The van der Waals surface area contributed by atoms with E-state index in [1.54, 1.807) is 0 Å². The molecule has 1 aliphatic carbocycles. The molecule has 0 bridgehead atoms. The highest BCUT2D eigenvalue weighted by Crippen LogP contribution is 2.31. The SMILES string of the molecule is Cc1oc(C)c(C(=O)N(CCC(N)=NO)C2CC2)c1C. The Labute approximate surface area is 118 Å². The molecule has 0 atom stereocenters. The van der Waals surface area contributed by atoms with Crippen molar-refractivity contribution in [1.82, 2.24) is 4.90 Å². The Morgan fingerprint density at radius 2 is 2.05 bits per heavy atom. The maximum Gasteiger partial charge on any atom is 0.257 e. The molecule has 110 valence electrons. The van der Waals surface area contributed by atoms with Gasteiger partial charge < -0.3 is 20.3 Å². The average molecular weight is 279 g/mol. The first-order valence-electron chi connectivity index (χ1n) is 6.79. The van der Waals surface area contributed by atoms with Gasteiger partial charge in [0, 0.05) is 24.6 Å². The lowest BCUT2D eigenvalue weighted by Gasteiger charge is -2.22. The number of amides is 1. The summed E-state index contributed by atoms with van der Waals surface area (Å²) in [5.74, 6) is 1.54. The Balaban J connectivity index is 2.19. The number of rotatable bonds is 5. The number of carbonyl (C=O) groups is 1. The zero-order chi connectivity index (χ0) is 14.9. The van der Waals surface area contributed by atoms with Crippen LogP contribution in [0.5, 0.6) is 0 Å². The lowest BCUT2D eigenvalue weighted by Crippen LogP contribution is -2.36. The first kappa shape index (κ1) is 14.4. The predicted octanol–water partition coefficient (Wildman–Crippen LogP) is 1.95. The standard InChI is InChI=1S/C14H21N3O3/c1-8-9(2)20-10(3)13(8)14(18)17(11-4-5-11)7-6-12(15)16-19/h11,19H,4-7H2,1-3H3,(H2,15,16). The molecule has 0 aromatic carbocycles. The smallest absolute Gasteiger partial charge is 0.257 e. The maximum atomic E-state index is 12.7. The fourth-order valence-corrected chi connectivity index (χ4v) is 2.37. The molecule has 1 aromatic rings. The fraction of sp³-hybridized carbons (Fsp3) is 0.571. The van der Waals surface area contributed by atoms with Gasteiger partial charge in [0.25, 0.3) is 5.91 Å². The lowest BCUT2D eigenvalue weighted by molar-refractivity contribution is 0.0745. The van der Waals surface area contributed by atoms with Crippen LogP contribution in [0.2, 0.25) is 0 Å². The first-order valence-corrected chi connectivity index (χ1v) is 6.79. The van der Waals surface area contributed by atoms with Crippen LogP contribution < -0.4 is 5.73 Å². The van der Waals surface area contributed by atoms with Crippen molar-refractivity contribution >= 4 is 11.7 Å². The third-order valence-electron chi connectivity index (χ3n) is 3.76. The van der Waals surface area contributed by atoms with Crippen LogP contribution in [0.1, 0.15) is 46.7 Å². The van der Waals surface area contributed by atoms with Crippen molar-refractivity contribution in [2.75, 3.05) is 6.54 Å². The molecule has 0 spiro atoms. The quantitative estimate of drug-likeness (QED) is 0.373. The van der Waals surface area contributed by atoms with Crippen LogP contribution in [0.3, 0.4) is 0 Å². The summed E-state index contributed by atoms with van der Waals surface area (Å²) in [6.07, 6.45) is 2.39. The Kier molecular flexibility index (Phi) is 4.01. The number of hydrogen-bond acceptors (Lipinski definition) is 4. The number of aryl methyl sites for hydroxylation is 2. The molecule has 20 heavy (non-hydrogen) atoms.